The maximum atomic E-state index is 14.3. The lowest BCUT2D eigenvalue weighted by atomic mass is 9.97. The summed E-state index contributed by atoms with van der Waals surface area (Å²) in [5.41, 5.74) is 2.83. The predicted octanol–water partition coefficient (Wildman–Crippen LogP) is 18.2. The van der Waals surface area contributed by atoms with E-state index in [0.717, 1.165) is 28.5 Å². The first-order valence-electron chi connectivity index (χ1n) is 23.4. The minimum Gasteiger partial charge on any atom is -0.456 e. The highest BCUT2D eigenvalue weighted by Crippen LogP contribution is 2.44. The molecule has 0 saturated carbocycles. The number of hydrogen-bond acceptors (Lipinski definition) is 4. The topological polar surface area (TPSA) is 56.7 Å². The van der Waals surface area contributed by atoms with Crippen LogP contribution in [0.4, 0.5) is 39.5 Å². The fraction of sp³-hybridized carbons (Fsp3) is 0.0656. The molecule has 0 aliphatic rings. The molecule has 0 atom stereocenters. The third-order valence-corrected chi connectivity index (χ3v) is 13.3. The molecule has 368 valence electrons. The Labute approximate surface area is 420 Å². The van der Waals surface area contributed by atoms with Gasteiger partial charge in [-0.1, -0.05) is 121 Å². The summed E-state index contributed by atoms with van der Waals surface area (Å²) < 4.78 is 137. The van der Waals surface area contributed by atoms with Gasteiger partial charge < -0.3 is 8.98 Å². The van der Waals surface area contributed by atoms with Crippen molar-refractivity contribution >= 4 is 43.7 Å². The zero-order valence-corrected chi connectivity index (χ0v) is 39.1. The second-order valence-electron chi connectivity index (χ2n) is 18.3. The van der Waals surface area contributed by atoms with Crippen LogP contribution < -0.4 is 0 Å². The van der Waals surface area contributed by atoms with Gasteiger partial charge in [0.1, 0.15) is 11.2 Å². The van der Waals surface area contributed by atoms with Crippen LogP contribution in [-0.4, -0.2) is 19.5 Å². The van der Waals surface area contributed by atoms with Crippen molar-refractivity contribution in [2.24, 2.45) is 0 Å². The Balaban J connectivity index is 1.18. The molecule has 0 unspecified atom stereocenters. The maximum Gasteiger partial charge on any atom is 0.416 e. The molecule has 5 nitrogen and oxygen atoms in total. The molecule has 0 saturated heterocycles. The summed E-state index contributed by atoms with van der Waals surface area (Å²) in [5, 5.41) is 2.89. The first-order valence-corrected chi connectivity index (χ1v) is 23.4. The fourth-order valence-electron chi connectivity index (χ4n) is 9.80. The van der Waals surface area contributed by atoms with Crippen LogP contribution in [0.2, 0.25) is 0 Å². The van der Waals surface area contributed by atoms with E-state index in [-0.39, 0.29) is 28.6 Å². The van der Waals surface area contributed by atoms with Crippen molar-refractivity contribution in [3.63, 3.8) is 0 Å². The highest BCUT2D eigenvalue weighted by molar-refractivity contribution is 6.12. The van der Waals surface area contributed by atoms with Gasteiger partial charge in [-0.25, -0.2) is 15.0 Å². The molecule has 9 aromatic carbocycles. The Morgan fingerprint density at radius 3 is 1.37 bits per heavy atom. The molecule has 0 radical (unpaired) electrons. The largest absolute Gasteiger partial charge is 0.456 e. The van der Waals surface area contributed by atoms with Crippen LogP contribution in [0.3, 0.4) is 0 Å². The average molecular weight is 1010 g/mol. The number of benzene rings is 9. The average Bonchev–Trinajstić information content (AvgIpc) is 3.96. The first-order chi connectivity index (χ1) is 35.9. The quantitative estimate of drug-likeness (QED) is 0.149. The molecule has 75 heavy (non-hydrogen) atoms. The minimum absolute atomic E-state index is 0.0357. The van der Waals surface area contributed by atoms with Crippen LogP contribution in [0, 0.1) is 6.92 Å². The smallest absolute Gasteiger partial charge is 0.416 e. The predicted molar refractivity (Wildman–Crippen MR) is 274 cm³/mol. The van der Waals surface area contributed by atoms with E-state index in [0.29, 0.717) is 95.8 Å². The molecular formula is C61H35F9N4O. The number of hydrogen-bond donors (Lipinski definition) is 0. The summed E-state index contributed by atoms with van der Waals surface area (Å²) in [6.45, 7) is 1.57. The molecule has 0 fully saturated rings. The van der Waals surface area contributed by atoms with Gasteiger partial charge >= 0.3 is 18.5 Å². The number of aryl methyl sites for hydroxylation is 1. The molecule has 0 spiro atoms. The lowest BCUT2D eigenvalue weighted by Gasteiger charge is -2.17. The zero-order chi connectivity index (χ0) is 52.0. The normalized spacial score (nSPS) is 12.4. The third kappa shape index (κ3) is 8.71. The molecule has 12 aromatic rings. The van der Waals surface area contributed by atoms with E-state index in [2.05, 4.69) is 0 Å². The summed E-state index contributed by atoms with van der Waals surface area (Å²) in [5.74, 6) is 0.871. The number of halogens is 9. The first kappa shape index (κ1) is 47.0. The number of furan rings is 1. The van der Waals surface area contributed by atoms with E-state index >= 15 is 0 Å². The number of nitrogens with zero attached hydrogens (tertiary/aromatic N) is 4. The Morgan fingerprint density at radius 1 is 0.347 bits per heavy atom. The van der Waals surface area contributed by atoms with Gasteiger partial charge in [0, 0.05) is 38.2 Å². The number of aromatic nitrogens is 4. The maximum absolute atomic E-state index is 14.3. The van der Waals surface area contributed by atoms with Crippen molar-refractivity contribution < 1.29 is 43.9 Å². The van der Waals surface area contributed by atoms with E-state index in [4.69, 9.17) is 19.4 Å². The third-order valence-electron chi connectivity index (χ3n) is 13.3. The van der Waals surface area contributed by atoms with Crippen LogP contribution in [0.5, 0.6) is 0 Å². The number of alkyl halides is 9. The Morgan fingerprint density at radius 2 is 0.800 bits per heavy atom. The van der Waals surface area contributed by atoms with E-state index in [9.17, 15) is 39.5 Å². The molecule has 3 aromatic heterocycles. The van der Waals surface area contributed by atoms with E-state index in [1.165, 1.54) is 12.1 Å². The minimum atomic E-state index is -5.11. The summed E-state index contributed by atoms with van der Waals surface area (Å²) >= 11 is 0. The van der Waals surface area contributed by atoms with Crippen LogP contribution in [0.15, 0.2) is 199 Å². The van der Waals surface area contributed by atoms with Crippen molar-refractivity contribution in [1.82, 2.24) is 19.5 Å². The SMILES string of the molecule is Cc1cc(-c2ccc3c4ccc(-c5cc(C(F)(F)F)cc(C(F)(F)F)c5)cc4n(-c4ccc(-c5ccc6oc7ccccc7c6c5)cc4-c4nc(-c5ccccc5)nc(-c5ccccc5)n4)c3c2)cc(C(F)(F)F)c1. The van der Waals surface area contributed by atoms with Gasteiger partial charge in [-0.2, -0.15) is 39.5 Å². The summed E-state index contributed by atoms with van der Waals surface area (Å²) in [4.78, 5) is 15.2. The van der Waals surface area contributed by atoms with Crippen molar-refractivity contribution in [2.45, 2.75) is 25.5 Å². The molecule has 12 rings (SSSR count). The van der Waals surface area contributed by atoms with Crippen molar-refractivity contribution in [3.05, 3.63) is 216 Å². The van der Waals surface area contributed by atoms with Gasteiger partial charge in [-0.05, 0) is 119 Å². The summed E-state index contributed by atoms with van der Waals surface area (Å²) in [6, 6.07) is 52.6. The molecule has 14 heteroatoms. The fourth-order valence-corrected chi connectivity index (χ4v) is 9.80. The van der Waals surface area contributed by atoms with Gasteiger partial charge in [0.2, 0.25) is 0 Å². The number of fused-ring (bicyclic) bond motifs is 6. The van der Waals surface area contributed by atoms with Gasteiger partial charge in [0.05, 0.1) is 33.4 Å². The van der Waals surface area contributed by atoms with Crippen LogP contribution in [-0.2, 0) is 18.5 Å². The van der Waals surface area contributed by atoms with Gasteiger partial charge in [-0.3, -0.25) is 0 Å². The van der Waals surface area contributed by atoms with E-state index < -0.39 is 35.2 Å². The number of rotatable bonds is 7. The molecular weight excluding hydrogens is 976 g/mol. The zero-order valence-electron chi connectivity index (χ0n) is 39.1. The van der Waals surface area contributed by atoms with Crippen molar-refractivity contribution in [3.8, 4) is 73.2 Å². The Hall–Kier alpha value is -9.04. The van der Waals surface area contributed by atoms with E-state index in [1.54, 1.807) is 41.8 Å². The van der Waals surface area contributed by atoms with Crippen molar-refractivity contribution in [2.75, 3.05) is 0 Å². The summed E-state index contributed by atoms with van der Waals surface area (Å²) in [7, 11) is 0. The molecule has 0 bridgehead atoms. The van der Waals surface area contributed by atoms with Crippen molar-refractivity contribution in [1.29, 1.82) is 0 Å². The summed E-state index contributed by atoms with van der Waals surface area (Å²) in [6.07, 6.45) is -14.9. The standard InChI is InChI=1S/C61H35F9N4O/c1-34-24-41(26-43(25-34)59(62,63)64)39-16-20-46-47-21-17-40(42-27-44(60(65,66)67)33-45(28-42)61(68,69)70)32-53(47)74(52(46)31-39)51-22-18-37(38-19-23-55-49(29-38)48-14-8-9-15-54(48)75-55)30-50(51)58-72-56(35-10-4-2-5-11-35)71-57(73-58)36-12-6-3-7-13-36/h2-33H,1H3. The van der Waals surface area contributed by atoms with E-state index in [1.807, 2.05) is 121 Å². The molecule has 3 heterocycles. The Kier molecular flexibility index (Phi) is 11.0. The van der Waals surface area contributed by atoms with Crippen LogP contribution in [0.25, 0.3) is 117 Å². The Bertz CT molecular complexity index is 4120. The lowest BCUT2D eigenvalue weighted by Crippen LogP contribution is -2.11. The van der Waals surface area contributed by atoms with Crippen LogP contribution in [0.1, 0.15) is 22.3 Å². The second kappa shape index (κ2) is 17.6. The molecule has 0 amide bonds. The van der Waals surface area contributed by atoms with Crippen LogP contribution >= 0.6 is 0 Å². The highest BCUT2D eigenvalue weighted by atomic mass is 19.4. The highest BCUT2D eigenvalue weighted by Gasteiger charge is 2.37. The lowest BCUT2D eigenvalue weighted by molar-refractivity contribution is -0.143. The monoisotopic (exact) mass is 1010 g/mol. The molecule has 0 N–H and O–H groups in total. The van der Waals surface area contributed by atoms with Gasteiger partial charge in [0.25, 0.3) is 0 Å². The number of para-hydroxylation sites is 1. The molecule has 0 aliphatic heterocycles. The second-order valence-corrected chi connectivity index (χ2v) is 18.3. The van der Waals surface area contributed by atoms with Gasteiger partial charge in [-0.15, -0.1) is 0 Å². The molecule has 0 aliphatic carbocycles. The van der Waals surface area contributed by atoms with Gasteiger partial charge in [0.15, 0.2) is 17.5 Å².